The quantitative estimate of drug-likeness (QED) is 0.208. The minimum absolute atomic E-state index is 0.0615. The van der Waals surface area contributed by atoms with Crippen LogP contribution in [0.3, 0.4) is 0 Å². The maximum Gasteiger partial charge on any atom is 0.509 e. The van der Waals surface area contributed by atoms with Gasteiger partial charge in [-0.05, 0) is 39.5 Å². The van der Waals surface area contributed by atoms with Crippen molar-refractivity contribution in [2.24, 2.45) is 5.92 Å². The Kier molecular flexibility index (Phi) is 13.0. The number of ether oxygens (including phenoxy) is 3. The second kappa shape index (κ2) is 13.7. The molecular formula is C17H33NO7Si. The Bertz CT molecular complexity index is 431. The van der Waals surface area contributed by atoms with Crippen LogP contribution in [0.4, 0.5) is 4.79 Å². The Morgan fingerprint density at radius 2 is 1.88 bits per heavy atom. The molecule has 1 atom stereocenters. The van der Waals surface area contributed by atoms with Crippen LogP contribution < -0.4 is 0 Å². The summed E-state index contributed by atoms with van der Waals surface area (Å²) >= 11 is 0. The summed E-state index contributed by atoms with van der Waals surface area (Å²) in [4.78, 5) is 24.4. The molecule has 8 nitrogen and oxygen atoms in total. The van der Waals surface area contributed by atoms with Crippen molar-refractivity contribution < 1.29 is 33.3 Å². The van der Waals surface area contributed by atoms with Gasteiger partial charge < -0.3 is 23.7 Å². The van der Waals surface area contributed by atoms with Crippen LogP contribution >= 0.6 is 0 Å². The fraction of sp³-hybridized carbons (Fsp3) is 0.765. The zero-order chi connectivity index (χ0) is 20.0. The molecule has 1 N–H and O–H groups in total. The van der Waals surface area contributed by atoms with E-state index in [9.17, 15) is 14.7 Å². The molecule has 0 aromatic heterocycles. The molecule has 152 valence electrons. The SMILES string of the molecule is C=CC(=O)OCC(CO)COC(=O)OCN(C)CCC[Si](C)(C)OCC. The summed E-state index contributed by atoms with van der Waals surface area (Å²) < 4.78 is 20.5. The van der Waals surface area contributed by atoms with Crippen molar-refractivity contribution in [1.29, 1.82) is 0 Å². The second-order valence-electron chi connectivity index (χ2n) is 6.59. The van der Waals surface area contributed by atoms with Gasteiger partial charge >= 0.3 is 12.1 Å². The van der Waals surface area contributed by atoms with E-state index in [2.05, 4.69) is 19.7 Å². The molecule has 0 bridgehead atoms. The third-order valence-electron chi connectivity index (χ3n) is 3.58. The first-order valence-electron chi connectivity index (χ1n) is 8.76. The van der Waals surface area contributed by atoms with Gasteiger partial charge in [0.05, 0.1) is 19.1 Å². The molecule has 0 heterocycles. The lowest BCUT2D eigenvalue weighted by atomic mass is 10.2. The fourth-order valence-electron chi connectivity index (χ4n) is 2.11. The largest absolute Gasteiger partial charge is 0.509 e. The highest BCUT2D eigenvalue weighted by molar-refractivity contribution is 6.71. The number of esters is 1. The molecule has 0 aromatic rings. The lowest BCUT2D eigenvalue weighted by Gasteiger charge is -2.23. The first-order valence-corrected chi connectivity index (χ1v) is 11.9. The average molecular weight is 392 g/mol. The van der Waals surface area contributed by atoms with Crippen LogP contribution in [0.25, 0.3) is 0 Å². The average Bonchev–Trinajstić information content (AvgIpc) is 2.59. The van der Waals surface area contributed by atoms with Crippen LogP contribution in [0.2, 0.25) is 19.1 Å². The zero-order valence-corrected chi connectivity index (χ0v) is 17.4. The Balaban J connectivity index is 3.92. The molecule has 0 radical (unpaired) electrons. The van der Waals surface area contributed by atoms with E-state index in [1.54, 1.807) is 0 Å². The highest BCUT2D eigenvalue weighted by Gasteiger charge is 2.21. The first kappa shape index (κ1) is 24.6. The van der Waals surface area contributed by atoms with Gasteiger partial charge in [-0.2, -0.15) is 0 Å². The number of nitrogens with zero attached hydrogens (tertiary/aromatic N) is 1. The lowest BCUT2D eigenvalue weighted by molar-refractivity contribution is -0.140. The second-order valence-corrected chi connectivity index (χ2v) is 10.9. The molecule has 0 rings (SSSR count). The standard InChI is InChI=1S/C17H33NO7Si/c1-6-16(20)22-12-15(11-19)13-23-17(21)24-14-18(3)9-8-10-26(4,5)25-7-2/h6,15,19H,1,7-14H2,2-5H3. The van der Waals surface area contributed by atoms with E-state index >= 15 is 0 Å². The van der Waals surface area contributed by atoms with Gasteiger partial charge in [-0.1, -0.05) is 6.58 Å². The molecule has 0 saturated carbocycles. The fourth-order valence-corrected chi connectivity index (χ4v) is 4.04. The van der Waals surface area contributed by atoms with Gasteiger partial charge in [0, 0.05) is 19.2 Å². The summed E-state index contributed by atoms with van der Waals surface area (Å²) in [6.07, 6.45) is 1.17. The van der Waals surface area contributed by atoms with Crippen molar-refractivity contribution in [3.05, 3.63) is 12.7 Å². The van der Waals surface area contributed by atoms with E-state index in [4.69, 9.17) is 18.6 Å². The Morgan fingerprint density at radius 3 is 2.46 bits per heavy atom. The molecule has 0 aliphatic carbocycles. The van der Waals surface area contributed by atoms with Crippen molar-refractivity contribution >= 4 is 20.4 Å². The van der Waals surface area contributed by atoms with Gasteiger partial charge in [0.1, 0.15) is 13.3 Å². The van der Waals surface area contributed by atoms with Crippen LogP contribution in [-0.4, -0.2) is 77.2 Å². The Hall–Kier alpha value is -1.42. The summed E-state index contributed by atoms with van der Waals surface area (Å²) in [5, 5.41) is 9.18. The molecule has 0 spiro atoms. The summed E-state index contributed by atoms with van der Waals surface area (Å²) in [7, 11) is 0.267. The first-order chi connectivity index (χ1) is 12.2. The summed E-state index contributed by atoms with van der Waals surface area (Å²) in [6.45, 7) is 10.9. The number of aliphatic hydroxyl groups excluding tert-OH is 1. The summed E-state index contributed by atoms with van der Waals surface area (Å²) in [6, 6.07) is 1.04. The molecule has 0 fully saturated rings. The lowest BCUT2D eigenvalue weighted by Crippen LogP contribution is -2.32. The number of hydrogen-bond donors (Lipinski definition) is 1. The van der Waals surface area contributed by atoms with Crippen molar-refractivity contribution in [3.8, 4) is 0 Å². The van der Waals surface area contributed by atoms with E-state index in [1.807, 2.05) is 18.9 Å². The molecule has 0 aliphatic rings. The van der Waals surface area contributed by atoms with Crippen LogP contribution in [0.1, 0.15) is 13.3 Å². The van der Waals surface area contributed by atoms with Crippen LogP contribution in [-0.2, 0) is 23.4 Å². The Morgan fingerprint density at radius 1 is 1.23 bits per heavy atom. The molecule has 1 unspecified atom stereocenters. The number of aliphatic hydroxyl groups is 1. The third kappa shape index (κ3) is 12.9. The molecule has 0 aliphatic heterocycles. The van der Waals surface area contributed by atoms with Gasteiger partial charge in [0.15, 0.2) is 8.32 Å². The highest BCUT2D eigenvalue weighted by atomic mass is 28.4. The molecule has 0 aromatic carbocycles. The van der Waals surface area contributed by atoms with Crippen LogP contribution in [0, 0.1) is 5.92 Å². The van der Waals surface area contributed by atoms with E-state index in [-0.39, 0.29) is 26.6 Å². The normalized spacial score (nSPS) is 12.5. The van der Waals surface area contributed by atoms with Crippen molar-refractivity contribution in [2.75, 3.05) is 46.8 Å². The van der Waals surface area contributed by atoms with Gasteiger partial charge in [-0.25, -0.2) is 9.59 Å². The predicted molar refractivity (Wildman–Crippen MR) is 100 cm³/mol. The third-order valence-corrected chi connectivity index (χ3v) is 6.21. The zero-order valence-electron chi connectivity index (χ0n) is 16.4. The summed E-state index contributed by atoms with van der Waals surface area (Å²) in [5.74, 6) is -1.10. The van der Waals surface area contributed by atoms with E-state index in [1.165, 1.54) is 0 Å². The van der Waals surface area contributed by atoms with Gasteiger partial charge in [0.2, 0.25) is 0 Å². The summed E-state index contributed by atoms with van der Waals surface area (Å²) in [5.41, 5.74) is 0. The van der Waals surface area contributed by atoms with E-state index < -0.39 is 26.4 Å². The van der Waals surface area contributed by atoms with Gasteiger partial charge in [0.25, 0.3) is 0 Å². The maximum atomic E-state index is 11.6. The van der Waals surface area contributed by atoms with Crippen LogP contribution in [0.5, 0.6) is 0 Å². The topological polar surface area (TPSA) is 94.5 Å². The van der Waals surface area contributed by atoms with Gasteiger partial charge in [-0.15, -0.1) is 0 Å². The molecule has 26 heavy (non-hydrogen) atoms. The predicted octanol–water partition coefficient (Wildman–Crippen LogP) is 2.00. The van der Waals surface area contributed by atoms with E-state index in [0.29, 0.717) is 0 Å². The smallest absolute Gasteiger partial charge is 0.462 e. The molecule has 0 saturated heterocycles. The highest BCUT2D eigenvalue weighted by Crippen LogP contribution is 2.13. The monoisotopic (exact) mass is 391 g/mol. The number of carbonyl (C=O) groups excluding carboxylic acids is 2. The maximum absolute atomic E-state index is 11.6. The minimum Gasteiger partial charge on any atom is -0.462 e. The van der Waals surface area contributed by atoms with Crippen molar-refractivity contribution in [3.63, 3.8) is 0 Å². The Labute approximate surface area is 157 Å². The number of hydrogen-bond acceptors (Lipinski definition) is 8. The number of rotatable bonds is 14. The molecule has 0 amide bonds. The van der Waals surface area contributed by atoms with Gasteiger partial charge in [-0.3, -0.25) is 4.90 Å². The minimum atomic E-state index is -1.59. The number of carbonyl (C=O) groups is 2. The molecule has 9 heteroatoms. The van der Waals surface area contributed by atoms with E-state index in [0.717, 1.165) is 31.7 Å². The van der Waals surface area contributed by atoms with Crippen molar-refractivity contribution in [1.82, 2.24) is 4.90 Å². The molecular weight excluding hydrogens is 358 g/mol. The van der Waals surface area contributed by atoms with Crippen LogP contribution in [0.15, 0.2) is 12.7 Å². The van der Waals surface area contributed by atoms with Crippen molar-refractivity contribution in [2.45, 2.75) is 32.5 Å².